The first kappa shape index (κ1) is 20.6. The molecule has 0 aromatic heterocycles. The molecule has 150 valence electrons. The molecule has 2 aromatic carbocycles. The predicted octanol–water partition coefficient (Wildman–Crippen LogP) is 3.50. The summed E-state index contributed by atoms with van der Waals surface area (Å²) in [7, 11) is -0.599. The lowest BCUT2D eigenvalue weighted by molar-refractivity contribution is 0.102. The number of anilines is 1. The highest BCUT2D eigenvalue weighted by molar-refractivity contribution is 9.10. The van der Waals surface area contributed by atoms with Crippen LogP contribution in [0.1, 0.15) is 23.2 Å². The molecule has 0 saturated carbocycles. The van der Waals surface area contributed by atoms with E-state index in [2.05, 4.69) is 21.2 Å². The second-order valence-electron chi connectivity index (χ2n) is 6.27. The van der Waals surface area contributed by atoms with Gasteiger partial charge in [0, 0.05) is 23.6 Å². The van der Waals surface area contributed by atoms with E-state index in [-0.39, 0.29) is 10.5 Å². The minimum Gasteiger partial charge on any atom is -0.497 e. The van der Waals surface area contributed by atoms with Gasteiger partial charge in [-0.3, -0.25) is 4.79 Å². The molecule has 0 aliphatic carbocycles. The molecular formula is C19H21BrN2O5S. The number of methoxy groups -OCH3 is 2. The second kappa shape index (κ2) is 8.50. The molecule has 2 aromatic rings. The highest BCUT2D eigenvalue weighted by Crippen LogP contribution is 2.31. The minimum absolute atomic E-state index is 0.0976. The maximum atomic E-state index is 12.9. The monoisotopic (exact) mass is 468 g/mol. The Hall–Kier alpha value is -2.10. The smallest absolute Gasteiger partial charge is 0.256 e. The van der Waals surface area contributed by atoms with Crippen LogP contribution in [0.15, 0.2) is 45.8 Å². The third kappa shape index (κ3) is 4.16. The number of carbonyl (C=O) groups is 1. The van der Waals surface area contributed by atoms with Crippen LogP contribution in [0.3, 0.4) is 0 Å². The number of hydrogen-bond donors (Lipinski definition) is 1. The molecule has 1 N–H and O–H groups in total. The number of hydrogen-bond acceptors (Lipinski definition) is 5. The lowest BCUT2D eigenvalue weighted by atomic mass is 10.2. The van der Waals surface area contributed by atoms with Crippen molar-refractivity contribution in [1.82, 2.24) is 4.31 Å². The van der Waals surface area contributed by atoms with Crippen molar-refractivity contribution >= 4 is 37.5 Å². The van der Waals surface area contributed by atoms with Crippen LogP contribution in [0, 0.1) is 0 Å². The number of ether oxygens (including phenoxy) is 2. The standard InChI is InChI=1S/C19H21BrN2O5S/c1-26-13-5-8-18(27-2)17(11-13)21-19(23)15-12-14(6-7-16(15)20)28(24,25)22-9-3-4-10-22/h5-8,11-12H,3-4,9-10H2,1-2H3,(H,21,23). The number of carbonyl (C=O) groups excluding carboxylic acids is 1. The second-order valence-corrected chi connectivity index (χ2v) is 9.07. The Morgan fingerprint density at radius 1 is 1.07 bits per heavy atom. The van der Waals surface area contributed by atoms with E-state index in [0.717, 1.165) is 12.8 Å². The highest BCUT2D eigenvalue weighted by Gasteiger charge is 2.28. The Labute approximate surface area is 172 Å². The van der Waals surface area contributed by atoms with E-state index < -0.39 is 15.9 Å². The molecule has 7 nitrogen and oxygen atoms in total. The largest absolute Gasteiger partial charge is 0.497 e. The molecule has 1 aliphatic heterocycles. The van der Waals surface area contributed by atoms with E-state index in [4.69, 9.17) is 9.47 Å². The summed E-state index contributed by atoms with van der Waals surface area (Å²) in [5, 5.41) is 2.76. The molecular weight excluding hydrogens is 448 g/mol. The van der Waals surface area contributed by atoms with Crippen molar-refractivity contribution < 1.29 is 22.7 Å². The number of sulfonamides is 1. The summed E-state index contributed by atoms with van der Waals surface area (Å²) in [5.74, 6) is 0.559. The van der Waals surface area contributed by atoms with E-state index in [1.54, 1.807) is 24.3 Å². The highest BCUT2D eigenvalue weighted by atomic mass is 79.9. The quantitative estimate of drug-likeness (QED) is 0.700. The molecule has 1 fully saturated rings. The first-order valence-electron chi connectivity index (χ1n) is 8.70. The van der Waals surface area contributed by atoms with Crippen LogP contribution in [-0.4, -0.2) is 45.9 Å². The summed E-state index contributed by atoms with van der Waals surface area (Å²) < 4.78 is 38.0. The Balaban J connectivity index is 1.92. The fourth-order valence-electron chi connectivity index (χ4n) is 3.02. The minimum atomic E-state index is -3.62. The number of halogens is 1. The van der Waals surface area contributed by atoms with Gasteiger partial charge in [-0.1, -0.05) is 0 Å². The molecule has 3 rings (SSSR count). The zero-order chi connectivity index (χ0) is 20.3. The Morgan fingerprint density at radius 2 is 1.79 bits per heavy atom. The van der Waals surface area contributed by atoms with Gasteiger partial charge in [-0.25, -0.2) is 8.42 Å². The maximum absolute atomic E-state index is 12.9. The number of nitrogens with zero attached hydrogens (tertiary/aromatic N) is 1. The van der Waals surface area contributed by atoms with Gasteiger partial charge in [-0.2, -0.15) is 4.31 Å². The Bertz CT molecular complexity index is 988. The lowest BCUT2D eigenvalue weighted by Crippen LogP contribution is -2.28. The van der Waals surface area contributed by atoms with Gasteiger partial charge in [0.05, 0.1) is 30.4 Å². The van der Waals surface area contributed by atoms with Crippen molar-refractivity contribution in [3.63, 3.8) is 0 Å². The fourth-order valence-corrected chi connectivity index (χ4v) is 4.99. The number of rotatable bonds is 6. The van der Waals surface area contributed by atoms with Gasteiger partial charge >= 0.3 is 0 Å². The van der Waals surface area contributed by atoms with Gasteiger partial charge in [-0.05, 0) is 59.1 Å². The lowest BCUT2D eigenvalue weighted by Gasteiger charge is -2.17. The average Bonchev–Trinajstić information content (AvgIpc) is 3.23. The SMILES string of the molecule is COc1ccc(OC)c(NC(=O)c2cc(S(=O)(=O)N3CCCC3)ccc2Br)c1. The zero-order valence-electron chi connectivity index (χ0n) is 15.6. The topological polar surface area (TPSA) is 84.9 Å². The third-order valence-electron chi connectivity index (χ3n) is 4.54. The van der Waals surface area contributed by atoms with Gasteiger partial charge in [0.1, 0.15) is 11.5 Å². The number of amides is 1. The molecule has 1 aliphatic rings. The van der Waals surface area contributed by atoms with Crippen molar-refractivity contribution in [2.24, 2.45) is 0 Å². The van der Waals surface area contributed by atoms with Crippen molar-refractivity contribution in [3.05, 3.63) is 46.4 Å². The van der Waals surface area contributed by atoms with Crippen molar-refractivity contribution in [2.75, 3.05) is 32.6 Å². The van der Waals surface area contributed by atoms with Crippen LogP contribution >= 0.6 is 15.9 Å². The maximum Gasteiger partial charge on any atom is 0.256 e. The summed E-state index contributed by atoms with van der Waals surface area (Å²) in [6, 6.07) is 9.49. The summed E-state index contributed by atoms with van der Waals surface area (Å²) in [6.45, 7) is 1.00. The van der Waals surface area contributed by atoms with Gasteiger partial charge in [0.2, 0.25) is 10.0 Å². The summed E-state index contributed by atoms with van der Waals surface area (Å²) >= 11 is 3.33. The van der Waals surface area contributed by atoms with Crippen molar-refractivity contribution in [1.29, 1.82) is 0 Å². The molecule has 28 heavy (non-hydrogen) atoms. The third-order valence-corrected chi connectivity index (χ3v) is 7.13. The number of nitrogens with one attached hydrogen (secondary N) is 1. The van der Waals surface area contributed by atoms with E-state index >= 15 is 0 Å². The van der Waals surface area contributed by atoms with Gasteiger partial charge < -0.3 is 14.8 Å². The van der Waals surface area contributed by atoms with Crippen LogP contribution < -0.4 is 14.8 Å². The average molecular weight is 469 g/mol. The Kier molecular flexibility index (Phi) is 6.26. The van der Waals surface area contributed by atoms with Crippen LogP contribution in [0.25, 0.3) is 0 Å². The van der Waals surface area contributed by atoms with Gasteiger partial charge in [0.25, 0.3) is 5.91 Å². The summed E-state index contributed by atoms with van der Waals surface area (Å²) in [6.07, 6.45) is 1.69. The zero-order valence-corrected chi connectivity index (χ0v) is 18.0. The summed E-state index contributed by atoms with van der Waals surface area (Å²) in [4.78, 5) is 13.0. The molecule has 0 radical (unpaired) electrons. The Morgan fingerprint density at radius 3 is 2.43 bits per heavy atom. The van der Waals surface area contributed by atoms with Crippen molar-refractivity contribution in [3.8, 4) is 11.5 Å². The molecule has 0 atom stereocenters. The molecule has 1 amide bonds. The molecule has 0 unspecified atom stereocenters. The normalized spacial score (nSPS) is 14.7. The van der Waals surface area contributed by atoms with Crippen LogP contribution in [0.4, 0.5) is 5.69 Å². The van der Waals surface area contributed by atoms with E-state index in [0.29, 0.717) is 34.7 Å². The van der Waals surface area contributed by atoms with E-state index in [1.807, 2.05) is 0 Å². The molecule has 0 spiro atoms. The van der Waals surface area contributed by atoms with Crippen LogP contribution in [0.5, 0.6) is 11.5 Å². The van der Waals surface area contributed by atoms with E-state index in [1.165, 1.54) is 30.7 Å². The van der Waals surface area contributed by atoms with Crippen LogP contribution in [0.2, 0.25) is 0 Å². The fraction of sp³-hybridized carbons (Fsp3) is 0.316. The number of benzene rings is 2. The van der Waals surface area contributed by atoms with Crippen LogP contribution in [-0.2, 0) is 10.0 Å². The predicted molar refractivity (Wildman–Crippen MR) is 110 cm³/mol. The first-order chi connectivity index (χ1) is 13.4. The van der Waals surface area contributed by atoms with Gasteiger partial charge in [0.15, 0.2) is 0 Å². The van der Waals surface area contributed by atoms with Gasteiger partial charge in [-0.15, -0.1) is 0 Å². The summed E-state index contributed by atoms with van der Waals surface area (Å²) in [5.41, 5.74) is 0.636. The molecule has 0 bridgehead atoms. The van der Waals surface area contributed by atoms with Crippen molar-refractivity contribution in [2.45, 2.75) is 17.7 Å². The molecule has 1 saturated heterocycles. The first-order valence-corrected chi connectivity index (χ1v) is 10.9. The molecule has 1 heterocycles. The van der Waals surface area contributed by atoms with E-state index in [9.17, 15) is 13.2 Å². The molecule has 9 heteroatoms.